The van der Waals surface area contributed by atoms with Crippen molar-refractivity contribution in [2.45, 2.75) is 128 Å². The maximum atomic E-state index is 12.0. The van der Waals surface area contributed by atoms with Crippen LogP contribution < -0.4 is 0 Å². The monoisotopic (exact) mass is 410 g/mol. The van der Waals surface area contributed by atoms with Crippen LogP contribution in [0.3, 0.4) is 0 Å². The minimum absolute atomic E-state index is 0.451. The van der Waals surface area contributed by atoms with Gasteiger partial charge in [-0.2, -0.15) is 0 Å². The fourth-order valence-corrected chi connectivity index (χ4v) is 4.40. The quantitative estimate of drug-likeness (QED) is 0.119. The average molecular weight is 411 g/mol. The van der Waals surface area contributed by atoms with E-state index < -0.39 is 11.5 Å². The topological polar surface area (TPSA) is 37.3 Å². The number of aliphatic carboxylic acids is 1. The van der Waals surface area contributed by atoms with Crippen LogP contribution in [0.1, 0.15) is 122 Å². The second-order valence-corrected chi connectivity index (χ2v) is 9.90. The van der Waals surface area contributed by atoms with Gasteiger partial charge in [-0.15, -0.1) is 6.58 Å². The molecule has 0 aliphatic carbocycles. The second-order valence-electron chi connectivity index (χ2n) is 9.90. The van der Waals surface area contributed by atoms with Crippen LogP contribution in [0, 0.1) is 0 Å². The van der Waals surface area contributed by atoms with Crippen molar-refractivity contribution >= 4 is 5.97 Å². The molecule has 0 aromatic heterocycles. The highest BCUT2D eigenvalue weighted by Gasteiger charge is 2.48. The summed E-state index contributed by atoms with van der Waals surface area (Å²) >= 11 is 0. The molecule has 1 atom stereocenters. The first kappa shape index (κ1) is 28.2. The molecule has 0 bridgehead atoms. The molecule has 3 nitrogen and oxygen atoms in total. The third kappa shape index (κ3) is 12.5. The molecule has 0 heterocycles. The molecule has 0 aliphatic heterocycles. The van der Waals surface area contributed by atoms with Gasteiger partial charge in [0.2, 0.25) is 0 Å². The highest BCUT2D eigenvalue weighted by molar-refractivity contribution is 5.77. The first-order chi connectivity index (χ1) is 13.8. The van der Waals surface area contributed by atoms with Crippen LogP contribution in [0.2, 0.25) is 0 Å². The number of hydrogen-bond donors (Lipinski definition) is 1. The Morgan fingerprint density at radius 2 is 1.10 bits per heavy atom. The van der Waals surface area contributed by atoms with Crippen LogP contribution in [0.25, 0.3) is 0 Å². The van der Waals surface area contributed by atoms with Gasteiger partial charge in [-0.25, -0.2) is 4.79 Å². The minimum Gasteiger partial charge on any atom is -0.477 e. The maximum Gasteiger partial charge on any atom is 0.366 e. The molecule has 0 aromatic rings. The summed E-state index contributed by atoms with van der Waals surface area (Å²) in [4.78, 5) is 12.0. The Bertz CT molecular complexity index is 413. The van der Waals surface area contributed by atoms with E-state index in [0.29, 0.717) is 10.9 Å². The summed E-state index contributed by atoms with van der Waals surface area (Å²) in [5, 5.41) is 9.85. The molecule has 172 valence electrons. The number of rotatable bonds is 21. The Hall–Kier alpha value is -0.830. The Balaban J connectivity index is 3.67. The third-order valence-electron chi connectivity index (χ3n) is 6.61. The van der Waals surface area contributed by atoms with Crippen molar-refractivity contribution in [3.8, 4) is 0 Å². The van der Waals surface area contributed by atoms with Crippen molar-refractivity contribution < 1.29 is 14.4 Å². The van der Waals surface area contributed by atoms with Gasteiger partial charge in [0, 0.05) is 12.8 Å². The maximum absolute atomic E-state index is 12.0. The van der Waals surface area contributed by atoms with Gasteiger partial charge in [0.1, 0.15) is 0 Å². The van der Waals surface area contributed by atoms with Crippen molar-refractivity contribution in [3.63, 3.8) is 0 Å². The molecule has 0 radical (unpaired) electrons. The van der Waals surface area contributed by atoms with Crippen molar-refractivity contribution in [1.29, 1.82) is 0 Å². The number of nitrogens with zero attached hydrogens (tertiary/aromatic N) is 1. The summed E-state index contributed by atoms with van der Waals surface area (Å²) in [6.07, 6.45) is 24.5. The zero-order chi connectivity index (χ0) is 22.0. The molecule has 29 heavy (non-hydrogen) atoms. The van der Waals surface area contributed by atoms with Crippen molar-refractivity contribution in [1.82, 2.24) is 0 Å². The van der Waals surface area contributed by atoms with Gasteiger partial charge in [-0.1, -0.05) is 109 Å². The van der Waals surface area contributed by atoms with Crippen LogP contribution in [-0.4, -0.2) is 42.2 Å². The third-order valence-corrected chi connectivity index (χ3v) is 6.61. The summed E-state index contributed by atoms with van der Waals surface area (Å²) in [7, 11) is 5.97. The predicted molar refractivity (Wildman–Crippen MR) is 127 cm³/mol. The lowest BCUT2D eigenvalue weighted by atomic mass is 9.85. The molecule has 1 unspecified atom stereocenters. The zero-order valence-electron chi connectivity index (χ0n) is 20.3. The molecule has 0 rings (SSSR count). The summed E-state index contributed by atoms with van der Waals surface area (Å²) in [6.45, 7) is 6.07. The molecule has 1 N–H and O–H groups in total. The number of carbonyl (C=O) groups is 1. The number of hydrogen-bond acceptors (Lipinski definition) is 1. The zero-order valence-corrected chi connectivity index (χ0v) is 20.3. The highest BCUT2D eigenvalue weighted by atomic mass is 16.4. The van der Waals surface area contributed by atoms with Crippen molar-refractivity contribution in [2.24, 2.45) is 0 Å². The minimum atomic E-state index is -0.738. The SMILES string of the molecule is C=CCC(CCCCCCCCCCCCCCCCCC)(C(=O)O)[N+](C)(C)C. The number of carboxylic acids is 1. The molecule has 0 saturated heterocycles. The van der Waals surface area contributed by atoms with Crippen molar-refractivity contribution in [3.05, 3.63) is 12.7 Å². The Morgan fingerprint density at radius 3 is 1.38 bits per heavy atom. The molecular formula is C26H52NO2+. The van der Waals surface area contributed by atoms with E-state index in [1.54, 1.807) is 6.08 Å². The van der Waals surface area contributed by atoms with E-state index in [1.807, 2.05) is 21.1 Å². The first-order valence-corrected chi connectivity index (χ1v) is 12.5. The van der Waals surface area contributed by atoms with Crippen LogP contribution in [0.4, 0.5) is 0 Å². The highest BCUT2D eigenvalue weighted by Crippen LogP contribution is 2.30. The fourth-order valence-electron chi connectivity index (χ4n) is 4.40. The lowest BCUT2D eigenvalue weighted by molar-refractivity contribution is -0.914. The van der Waals surface area contributed by atoms with E-state index in [1.165, 1.54) is 89.9 Å². The van der Waals surface area contributed by atoms with Crippen LogP contribution >= 0.6 is 0 Å². The summed E-state index contributed by atoms with van der Waals surface area (Å²) in [5.41, 5.74) is -0.738. The Morgan fingerprint density at radius 1 is 0.759 bits per heavy atom. The number of likely N-dealkylation sites (N-methyl/N-ethyl adjacent to an activating group) is 1. The van der Waals surface area contributed by atoms with Crippen molar-refractivity contribution in [2.75, 3.05) is 21.1 Å². The first-order valence-electron chi connectivity index (χ1n) is 12.5. The lowest BCUT2D eigenvalue weighted by Crippen LogP contribution is -2.61. The van der Waals surface area contributed by atoms with E-state index in [4.69, 9.17) is 0 Å². The van der Waals surface area contributed by atoms with E-state index in [0.717, 1.165) is 19.3 Å². The van der Waals surface area contributed by atoms with Crippen LogP contribution in [-0.2, 0) is 4.79 Å². The van der Waals surface area contributed by atoms with Crippen LogP contribution in [0.15, 0.2) is 12.7 Å². The molecule has 3 heteroatoms. The van der Waals surface area contributed by atoms with Gasteiger partial charge in [-0.05, 0) is 6.42 Å². The predicted octanol–water partition coefficient (Wildman–Crippen LogP) is 7.74. The lowest BCUT2D eigenvalue weighted by Gasteiger charge is -2.42. The molecule has 0 spiro atoms. The Kier molecular flexibility index (Phi) is 16.4. The second kappa shape index (κ2) is 16.9. The normalized spacial score (nSPS) is 13.9. The number of carboxylic acid groups (broad SMARTS) is 1. The van der Waals surface area contributed by atoms with Gasteiger partial charge in [-0.3, -0.25) is 0 Å². The summed E-state index contributed by atoms with van der Waals surface area (Å²) < 4.78 is 0.451. The number of unbranched alkanes of at least 4 members (excludes halogenated alkanes) is 15. The molecule has 0 saturated carbocycles. The molecular weight excluding hydrogens is 358 g/mol. The smallest absolute Gasteiger partial charge is 0.366 e. The van der Waals surface area contributed by atoms with Gasteiger partial charge in [0.25, 0.3) is 0 Å². The fraction of sp³-hybridized carbons (Fsp3) is 0.885. The van der Waals surface area contributed by atoms with E-state index in [2.05, 4.69) is 13.5 Å². The average Bonchev–Trinajstić information content (AvgIpc) is 2.65. The van der Waals surface area contributed by atoms with Gasteiger partial charge < -0.3 is 9.59 Å². The van der Waals surface area contributed by atoms with E-state index in [9.17, 15) is 9.90 Å². The van der Waals surface area contributed by atoms with Gasteiger partial charge in [0.15, 0.2) is 5.54 Å². The standard InChI is InChI=1S/C26H51NO2/c1-6-8-9-10-11-12-13-14-15-16-17-18-19-20-21-22-24-26(23-7-2,25(28)29)27(3,4)5/h7H,2,6,8-24H2,1,3-5H3/p+1. The molecule has 0 amide bonds. The number of quaternary nitrogens is 1. The van der Waals surface area contributed by atoms with Crippen LogP contribution in [0.5, 0.6) is 0 Å². The largest absolute Gasteiger partial charge is 0.477 e. The molecule has 0 aliphatic rings. The van der Waals surface area contributed by atoms with Gasteiger partial charge in [0.05, 0.1) is 21.1 Å². The summed E-state index contributed by atoms with van der Waals surface area (Å²) in [6, 6.07) is 0. The molecule has 0 aromatic carbocycles. The van der Waals surface area contributed by atoms with E-state index >= 15 is 0 Å². The van der Waals surface area contributed by atoms with Gasteiger partial charge >= 0.3 is 5.97 Å². The molecule has 0 fully saturated rings. The Labute approximate surface area is 182 Å². The van der Waals surface area contributed by atoms with E-state index in [-0.39, 0.29) is 0 Å². The summed E-state index contributed by atoms with van der Waals surface area (Å²) in [5.74, 6) is -0.689.